The van der Waals surface area contributed by atoms with E-state index in [0.29, 0.717) is 19.5 Å². The first-order chi connectivity index (χ1) is 12.6. The highest BCUT2D eigenvalue weighted by Crippen LogP contribution is 2.28. The van der Waals surface area contributed by atoms with Crippen LogP contribution in [-0.4, -0.2) is 67.4 Å². The van der Waals surface area contributed by atoms with Crippen LogP contribution in [-0.2, 0) is 9.59 Å². The first kappa shape index (κ1) is 21.7. The number of carbonyl (C=O) groups excluding carboxylic acids is 2. The lowest BCUT2D eigenvalue weighted by atomic mass is 10.1. The van der Waals surface area contributed by atoms with Crippen LogP contribution in [0, 0.1) is 5.92 Å². The predicted molar refractivity (Wildman–Crippen MR) is 109 cm³/mol. The summed E-state index contributed by atoms with van der Waals surface area (Å²) in [6, 6.07) is 10.0. The topological polar surface area (TPSA) is 64.7 Å². The Hall–Kier alpha value is -1.63. The van der Waals surface area contributed by atoms with Gasteiger partial charge in [-0.05, 0) is 25.5 Å². The summed E-state index contributed by atoms with van der Waals surface area (Å²) in [5.41, 5.74) is 1.11. The van der Waals surface area contributed by atoms with E-state index in [1.54, 1.807) is 0 Å². The Morgan fingerprint density at radius 1 is 1.26 bits per heavy atom. The minimum Gasteiger partial charge on any atom is -0.356 e. The molecule has 2 heterocycles. The zero-order valence-corrected chi connectivity index (χ0v) is 16.8. The van der Waals surface area contributed by atoms with Gasteiger partial charge in [0.1, 0.15) is 0 Å². The first-order valence-electron chi connectivity index (χ1n) is 9.70. The fourth-order valence-corrected chi connectivity index (χ4v) is 3.79. The number of piperazine rings is 1. The second-order valence-electron chi connectivity index (χ2n) is 7.27. The summed E-state index contributed by atoms with van der Waals surface area (Å²) < 4.78 is 0. The van der Waals surface area contributed by atoms with E-state index < -0.39 is 0 Å². The molecular formula is C20H31ClN4O2. The van der Waals surface area contributed by atoms with Crippen LogP contribution < -0.4 is 10.6 Å². The molecule has 2 atom stereocenters. The number of nitrogens with one attached hydrogen (secondary N) is 2. The Labute approximate surface area is 168 Å². The summed E-state index contributed by atoms with van der Waals surface area (Å²) in [6.45, 7) is 8.50. The van der Waals surface area contributed by atoms with Gasteiger partial charge in [0.25, 0.3) is 0 Å². The molecule has 3 rings (SSSR count). The van der Waals surface area contributed by atoms with Gasteiger partial charge in [-0.2, -0.15) is 0 Å². The number of hydrogen-bond donors (Lipinski definition) is 2. The quantitative estimate of drug-likeness (QED) is 0.687. The molecule has 150 valence electrons. The fraction of sp³-hybridized carbons (Fsp3) is 0.600. The number of rotatable bonds is 7. The maximum absolute atomic E-state index is 12.4. The van der Waals surface area contributed by atoms with Crippen LogP contribution in [0.2, 0.25) is 0 Å². The molecule has 7 heteroatoms. The lowest BCUT2D eigenvalue weighted by molar-refractivity contribution is -0.130. The van der Waals surface area contributed by atoms with Crippen molar-refractivity contribution >= 4 is 24.2 Å². The molecule has 0 aliphatic carbocycles. The minimum atomic E-state index is -0.229. The highest BCUT2D eigenvalue weighted by Gasteiger charge is 2.36. The van der Waals surface area contributed by atoms with Crippen LogP contribution in [0.25, 0.3) is 0 Å². The third-order valence-corrected chi connectivity index (χ3v) is 5.44. The Morgan fingerprint density at radius 2 is 1.96 bits per heavy atom. The van der Waals surface area contributed by atoms with Gasteiger partial charge in [0.05, 0.1) is 12.0 Å². The molecule has 0 saturated carbocycles. The van der Waals surface area contributed by atoms with Crippen molar-refractivity contribution in [3.63, 3.8) is 0 Å². The summed E-state index contributed by atoms with van der Waals surface area (Å²) in [5.74, 6) is -0.142. The van der Waals surface area contributed by atoms with Crippen LogP contribution in [0.4, 0.5) is 0 Å². The highest BCUT2D eigenvalue weighted by atomic mass is 35.5. The summed E-state index contributed by atoms with van der Waals surface area (Å²) in [4.78, 5) is 29.1. The first-order valence-corrected chi connectivity index (χ1v) is 9.70. The maximum Gasteiger partial charge on any atom is 0.225 e. The van der Waals surface area contributed by atoms with E-state index in [2.05, 4.69) is 15.5 Å². The number of amides is 2. The van der Waals surface area contributed by atoms with Crippen molar-refractivity contribution in [2.45, 2.75) is 25.8 Å². The molecule has 2 unspecified atom stereocenters. The van der Waals surface area contributed by atoms with Gasteiger partial charge in [-0.15, -0.1) is 12.4 Å². The zero-order valence-electron chi connectivity index (χ0n) is 16.0. The largest absolute Gasteiger partial charge is 0.356 e. The Morgan fingerprint density at radius 3 is 2.67 bits per heavy atom. The monoisotopic (exact) mass is 394 g/mol. The van der Waals surface area contributed by atoms with Crippen LogP contribution in [0.3, 0.4) is 0 Å². The van der Waals surface area contributed by atoms with Gasteiger partial charge >= 0.3 is 0 Å². The maximum atomic E-state index is 12.4. The summed E-state index contributed by atoms with van der Waals surface area (Å²) in [5, 5.41) is 6.37. The molecule has 2 fully saturated rings. The van der Waals surface area contributed by atoms with Crippen LogP contribution in [0.15, 0.2) is 30.3 Å². The van der Waals surface area contributed by atoms with Gasteiger partial charge in [0.15, 0.2) is 0 Å². The number of benzene rings is 1. The van der Waals surface area contributed by atoms with Gasteiger partial charge in [-0.1, -0.05) is 30.3 Å². The molecule has 0 radical (unpaired) electrons. The fourth-order valence-electron chi connectivity index (χ4n) is 3.79. The summed E-state index contributed by atoms with van der Waals surface area (Å²) in [7, 11) is 0. The van der Waals surface area contributed by atoms with E-state index in [4.69, 9.17) is 0 Å². The van der Waals surface area contributed by atoms with Crippen molar-refractivity contribution in [1.29, 1.82) is 0 Å². The molecule has 2 amide bonds. The second kappa shape index (κ2) is 10.6. The van der Waals surface area contributed by atoms with Crippen LogP contribution in [0.1, 0.15) is 31.4 Å². The predicted octanol–water partition coefficient (Wildman–Crippen LogP) is 1.43. The van der Waals surface area contributed by atoms with Crippen LogP contribution >= 0.6 is 12.4 Å². The number of halogens is 1. The van der Waals surface area contributed by atoms with Gasteiger partial charge < -0.3 is 20.4 Å². The zero-order chi connectivity index (χ0) is 18.4. The molecule has 0 bridgehead atoms. The molecule has 2 aliphatic heterocycles. The van der Waals surface area contributed by atoms with Gasteiger partial charge in [-0.25, -0.2) is 0 Å². The van der Waals surface area contributed by atoms with Gasteiger partial charge in [0.2, 0.25) is 11.8 Å². The van der Waals surface area contributed by atoms with Crippen molar-refractivity contribution in [2.24, 2.45) is 5.92 Å². The lowest BCUT2D eigenvalue weighted by Crippen LogP contribution is -2.44. The van der Waals surface area contributed by atoms with E-state index in [0.717, 1.165) is 44.7 Å². The SMILES string of the molecule is CC(c1ccccc1)N1CC(C(=O)NCCCN2CCNCC2)CC1=O.Cl. The molecule has 0 spiro atoms. The minimum absolute atomic E-state index is 0. The number of carbonyl (C=O) groups is 2. The molecule has 2 aliphatic rings. The van der Waals surface area contributed by atoms with E-state index in [1.807, 2.05) is 42.2 Å². The van der Waals surface area contributed by atoms with Gasteiger partial charge in [0, 0.05) is 45.7 Å². The van der Waals surface area contributed by atoms with Gasteiger partial charge in [-0.3, -0.25) is 9.59 Å². The number of nitrogens with zero attached hydrogens (tertiary/aromatic N) is 2. The number of hydrogen-bond acceptors (Lipinski definition) is 4. The van der Waals surface area contributed by atoms with E-state index in [9.17, 15) is 9.59 Å². The van der Waals surface area contributed by atoms with E-state index >= 15 is 0 Å². The summed E-state index contributed by atoms with van der Waals surface area (Å²) >= 11 is 0. The van der Waals surface area contributed by atoms with Crippen molar-refractivity contribution in [3.05, 3.63) is 35.9 Å². The van der Waals surface area contributed by atoms with Crippen molar-refractivity contribution in [3.8, 4) is 0 Å². The van der Waals surface area contributed by atoms with E-state index in [1.165, 1.54) is 0 Å². The third-order valence-electron chi connectivity index (χ3n) is 5.44. The molecular weight excluding hydrogens is 364 g/mol. The van der Waals surface area contributed by atoms with E-state index in [-0.39, 0.29) is 36.2 Å². The molecule has 0 aromatic heterocycles. The van der Waals surface area contributed by atoms with Crippen molar-refractivity contribution in [1.82, 2.24) is 20.4 Å². The van der Waals surface area contributed by atoms with Crippen molar-refractivity contribution < 1.29 is 9.59 Å². The molecule has 1 aromatic carbocycles. The molecule has 2 N–H and O–H groups in total. The average Bonchev–Trinajstić information content (AvgIpc) is 3.08. The third kappa shape index (κ3) is 5.92. The average molecular weight is 395 g/mol. The Kier molecular flexibility index (Phi) is 8.54. The smallest absolute Gasteiger partial charge is 0.225 e. The molecule has 2 saturated heterocycles. The standard InChI is InChI=1S/C20H30N4O2.ClH/c1-16(17-6-3-2-4-7-17)24-15-18(14-19(24)25)20(26)22-8-5-11-23-12-9-21-10-13-23;/h2-4,6-7,16,18,21H,5,8-15H2,1H3,(H,22,26);1H. The Bertz CT molecular complexity index is 607. The molecule has 1 aromatic rings. The Balaban J connectivity index is 0.00000261. The van der Waals surface area contributed by atoms with Crippen molar-refractivity contribution in [2.75, 3.05) is 45.8 Å². The number of likely N-dealkylation sites (tertiary alicyclic amines) is 1. The summed E-state index contributed by atoms with van der Waals surface area (Å²) in [6.07, 6.45) is 1.28. The molecule has 27 heavy (non-hydrogen) atoms. The molecule has 6 nitrogen and oxygen atoms in total. The normalized spacial score (nSPS) is 21.6. The van der Waals surface area contributed by atoms with Crippen LogP contribution in [0.5, 0.6) is 0 Å². The second-order valence-corrected chi connectivity index (χ2v) is 7.27. The lowest BCUT2D eigenvalue weighted by Gasteiger charge is -2.27. The highest BCUT2D eigenvalue weighted by molar-refractivity contribution is 5.89.